The van der Waals surface area contributed by atoms with Crippen LogP contribution in [0.4, 0.5) is 0 Å². The van der Waals surface area contributed by atoms with Crippen LogP contribution in [0.5, 0.6) is 0 Å². The van der Waals surface area contributed by atoms with Crippen molar-refractivity contribution in [2.45, 2.75) is 59.5 Å². The monoisotopic (exact) mass is 238 g/mol. The van der Waals surface area contributed by atoms with Crippen molar-refractivity contribution in [2.24, 2.45) is 5.41 Å². The van der Waals surface area contributed by atoms with Gasteiger partial charge < -0.3 is 5.32 Å². The van der Waals surface area contributed by atoms with Gasteiger partial charge in [0.2, 0.25) is 0 Å². The first kappa shape index (κ1) is 14.2. The van der Waals surface area contributed by atoms with Crippen LogP contribution in [0.1, 0.15) is 46.4 Å². The molecule has 1 rings (SSSR count). The molecule has 0 saturated heterocycles. The predicted molar refractivity (Wildman–Crippen MR) is 70.9 cm³/mol. The zero-order chi connectivity index (χ0) is 12.9. The molecule has 4 heteroatoms. The van der Waals surface area contributed by atoms with E-state index in [4.69, 9.17) is 0 Å². The number of likely N-dealkylation sites (N-methyl/N-ethyl adjacent to an activating group) is 1. The van der Waals surface area contributed by atoms with Crippen LogP contribution in [0.2, 0.25) is 0 Å². The van der Waals surface area contributed by atoms with Crippen molar-refractivity contribution in [2.75, 3.05) is 7.05 Å². The van der Waals surface area contributed by atoms with E-state index in [1.54, 1.807) is 6.33 Å². The van der Waals surface area contributed by atoms with Gasteiger partial charge in [0.15, 0.2) is 0 Å². The van der Waals surface area contributed by atoms with Crippen LogP contribution in [0.25, 0.3) is 0 Å². The van der Waals surface area contributed by atoms with E-state index in [0.29, 0.717) is 11.5 Å². The van der Waals surface area contributed by atoms with Gasteiger partial charge in [0.05, 0.1) is 0 Å². The molecule has 0 aliphatic rings. The fraction of sp³-hybridized carbons (Fsp3) is 0.846. The molecule has 17 heavy (non-hydrogen) atoms. The van der Waals surface area contributed by atoms with Crippen molar-refractivity contribution in [3.8, 4) is 0 Å². The number of hydrogen-bond donors (Lipinski definition) is 1. The molecule has 4 nitrogen and oxygen atoms in total. The Bertz CT molecular complexity index is 324. The maximum Gasteiger partial charge on any atom is 0.138 e. The van der Waals surface area contributed by atoms with Gasteiger partial charge in [-0.2, -0.15) is 5.10 Å². The predicted octanol–water partition coefficient (Wildman–Crippen LogP) is 2.25. The van der Waals surface area contributed by atoms with Gasteiger partial charge in [-0.15, -0.1) is 0 Å². The third-order valence-electron chi connectivity index (χ3n) is 2.83. The molecule has 0 saturated carbocycles. The molecule has 1 unspecified atom stereocenters. The highest BCUT2D eigenvalue weighted by atomic mass is 15.3. The molecule has 0 fully saturated rings. The zero-order valence-corrected chi connectivity index (χ0v) is 11.8. The lowest BCUT2D eigenvalue weighted by Crippen LogP contribution is -2.33. The number of aromatic nitrogens is 3. The Morgan fingerprint density at radius 1 is 1.41 bits per heavy atom. The summed E-state index contributed by atoms with van der Waals surface area (Å²) in [6, 6.07) is 0.467. The van der Waals surface area contributed by atoms with E-state index >= 15 is 0 Å². The molecule has 1 N–H and O–H groups in total. The van der Waals surface area contributed by atoms with Crippen LogP contribution in [0.3, 0.4) is 0 Å². The molecule has 0 aromatic carbocycles. The van der Waals surface area contributed by atoms with Crippen molar-refractivity contribution < 1.29 is 0 Å². The first-order valence-corrected chi connectivity index (χ1v) is 6.50. The second-order valence-corrected chi connectivity index (χ2v) is 5.85. The number of rotatable bonds is 6. The van der Waals surface area contributed by atoms with Gasteiger partial charge in [-0.25, -0.2) is 4.98 Å². The van der Waals surface area contributed by atoms with Gasteiger partial charge in [-0.1, -0.05) is 27.7 Å². The minimum atomic E-state index is 0.337. The Balaban J connectivity index is 2.63. The first-order chi connectivity index (χ1) is 7.96. The van der Waals surface area contributed by atoms with Crippen molar-refractivity contribution in [1.29, 1.82) is 0 Å². The average Bonchev–Trinajstić information content (AvgIpc) is 2.63. The molecule has 1 aromatic heterocycles. The molecular weight excluding hydrogens is 212 g/mol. The van der Waals surface area contributed by atoms with E-state index < -0.39 is 0 Å². The van der Waals surface area contributed by atoms with Gasteiger partial charge in [0, 0.05) is 19.0 Å². The molecule has 1 atom stereocenters. The lowest BCUT2D eigenvalue weighted by Gasteiger charge is -2.25. The Hall–Kier alpha value is -0.900. The second-order valence-electron chi connectivity index (χ2n) is 5.85. The van der Waals surface area contributed by atoms with E-state index in [9.17, 15) is 0 Å². The highest BCUT2D eigenvalue weighted by molar-refractivity contribution is 4.91. The highest BCUT2D eigenvalue weighted by Gasteiger charge is 2.19. The summed E-state index contributed by atoms with van der Waals surface area (Å²) in [7, 11) is 2.02. The van der Waals surface area contributed by atoms with Crippen LogP contribution in [-0.4, -0.2) is 27.9 Å². The maximum absolute atomic E-state index is 4.36. The summed E-state index contributed by atoms with van der Waals surface area (Å²) >= 11 is 0. The maximum atomic E-state index is 4.36. The zero-order valence-electron chi connectivity index (χ0n) is 11.8. The van der Waals surface area contributed by atoms with E-state index in [0.717, 1.165) is 31.6 Å². The third kappa shape index (κ3) is 4.86. The Morgan fingerprint density at radius 3 is 2.65 bits per heavy atom. The summed E-state index contributed by atoms with van der Waals surface area (Å²) in [5, 5.41) is 7.65. The summed E-state index contributed by atoms with van der Waals surface area (Å²) in [4.78, 5) is 4.36. The topological polar surface area (TPSA) is 42.7 Å². The molecule has 0 radical (unpaired) electrons. The molecule has 0 aliphatic heterocycles. The third-order valence-corrected chi connectivity index (χ3v) is 2.83. The van der Waals surface area contributed by atoms with Crippen LogP contribution in [-0.2, 0) is 13.0 Å². The van der Waals surface area contributed by atoms with Crippen LogP contribution >= 0.6 is 0 Å². The average molecular weight is 238 g/mol. The number of aryl methyl sites for hydroxylation is 1. The van der Waals surface area contributed by atoms with Crippen molar-refractivity contribution in [3.63, 3.8) is 0 Å². The molecule has 1 aromatic rings. The Kier molecular flexibility index (Phi) is 5.12. The second kappa shape index (κ2) is 6.15. The summed E-state index contributed by atoms with van der Waals surface area (Å²) in [6.07, 6.45) is 4.85. The van der Waals surface area contributed by atoms with E-state index in [1.165, 1.54) is 0 Å². The summed E-state index contributed by atoms with van der Waals surface area (Å²) in [5.41, 5.74) is 0.337. The van der Waals surface area contributed by atoms with Gasteiger partial charge in [-0.05, 0) is 25.3 Å². The number of hydrogen-bond acceptors (Lipinski definition) is 3. The molecule has 0 amide bonds. The summed E-state index contributed by atoms with van der Waals surface area (Å²) < 4.78 is 2.02. The van der Waals surface area contributed by atoms with Crippen LogP contribution in [0, 0.1) is 5.41 Å². The van der Waals surface area contributed by atoms with Gasteiger partial charge >= 0.3 is 0 Å². The number of nitrogens with one attached hydrogen (secondary N) is 1. The molecule has 0 bridgehead atoms. The lowest BCUT2D eigenvalue weighted by atomic mass is 9.87. The normalized spacial score (nSPS) is 13.9. The summed E-state index contributed by atoms with van der Waals surface area (Å²) in [5.74, 6) is 1.09. The fourth-order valence-electron chi connectivity index (χ4n) is 2.08. The van der Waals surface area contributed by atoms with E-state index in [-0.39, 0.29) is 0 Å². The minimum absolute atomic E-state index is 0.337. The number of nitrogens with zero attached hydrogens (tertiary/aromatic N) is 3. The fourth-order valence-corrected chi connectivity index (χ4v) is 2.08. The lowest BCUT2D eigenvalue weighted by molar-refractivity contribution is 0.311. The SMILES string of the molecule is CCCn1ncnc1CC(CC(C)(C)C)NC. The molecule has 0 aliphatic carbocycles. The van der Waals surface area contributed by atoms with E-state index in [1.807, 2.05) is 11.7 Å². The van der Waals surface area contributed by atoms with Crippen LogP contribution in [0.15, 0.2) is 6.33 Å². The minimum Gasteiger partial charge on any atom is -0.317 e. The largest absolute Gasteiger partial charge is 0.317 e. The van der Waals surface area contributed by atoms with Gasteiger partial charge in [0.1, 0.15) is 12.2 Å². The van der Waals surface area contributed by atoms with Crippen molar-refractivity contribution >= 4 is 0 Å². The van der Waals surface area contributed by atoms with Gasteiger partial charge in [-0.3, -0.25) is 4.68 Å². The Labute approximate surface area is 105 Å². The van der Waals surface area contributed by atoms with Gasteiger partial charge in [0.25, 0.3) is 0 Å². The first-order valence-electron chi connectivity index (χ1n) is 6.50. The smallest absolute Gasteiger partial charge is 0.138 e. The molecule has 98 valence electrons. The molecular formula is C13H26N4. The van der Waals surface area contributed by atoms with E-state index in [2.05, 4.69) is 43.1 Å². The van der Waals surface area contributed by atoms with Crippen molar-refractivity contribution in [3.05, 3.63) is 12.2 Å². The van der Waals surface area contributed by atoms with Crippen LogP contribution < -0.4 is 5.32 Å². The highest BCUT2D eigenvalue weighted by Crippen LogP contribution is 2.22. The standard InChI is InChI=1S/C13H26N4/c1-6-7-17-12(15-10-16-17)8-11(14-5)9-13(2,3)4/h10-11,14H,6-9H2,1-5H3. The Morgan fingerprint density at radius 2 is 2.12 bits per heavy atom. The molecule has 0 spiro atoms. The van der Waals surface area contributed by atoms with Crippen molar-refractivity contribution in [1.82, 2.24) is 20.1 Å². The quantitative estimate of drug-likeness (QED) is 0.826. The molecule has 1 heterocycles. The summed E-state index contributed by atoms with van der Waals surface area (Å²) in [6.45, 7) is 9.94.